The number of hydrogen-bond donors (Lipinski definition) is 1. The number of benzene rings is 1. The SMILES string of the molecule is CNCC(C)c1ccc(-c2ccccc2C)s1. The van der Waals surface area contributed by atoms with Crippen molar-refractivity contribution in [2.45, 2.75) is 19.8 Å². The summed E-state index contributed by atoms with van der Waals surface area (Å²) in [4.78, 5) is 2.83. The van der Waals surface area contributed by atoms with Crippen LogP contribution in [0.15, 0.2) is 36.4 Å². The van der Waals surface area contributed by atoms with Crippen molar-refractivity contribution in [1.29, 1.82) is 0 Å². The lowest BCUT2D eigenvalue weighted by Crippen LogP contribution is -2.13. The van der Waals surface area contributed by atoms with E-state index in [-0.39, 0.29) is 0 Å². The Labute approximate surface area is 108 Å². The first-order valence-electron chi connectivity index (χ1n) is 6.02. The Balaban J connectivity index is 2.27. The number of hydrogen-bond acceptors (Lipinski definition) is 2. The lowest BCUT2D eigenvalue weighted by atomic mass is 10.1. The summed E-state index contributed by atoms with van der Waals surface area (Å²) in [6.45, 7) is 5.48. The molecule has 2 aromatic rings. The van der Waals surface area contributed by atoms with E-state index in [4.69, 9.17) is 0 Å². The van der Waals surface area contributed by atoms with Gasteiger partial charge in [-0.15, -0.1) is 11.3 Å². The van der Waals surface area contributed by atoms with Crippen LogP contribution in [0.1, 0.15) is 23.3 Å². The van der Waals surface area contributed by atoms with E-state index in [0.29, 0.717) is 5.92 Å². The van der Waals surface area contributed by atoms with Gasteiger partial charge in [-0.2, -0.15) is 0 Å². The quantitative estimate of drug-likeness (QED) is 0.857. The number of nitrogens with one attached hydrogen (secondary N) is 1. The molecule has 0 aliphatic carbocycles. The number of thiophene rings is 1. The van der Waals surface area contributed by atoms with Gasteiger partial charge in [0.1, 0.15) is 0 Å². The summed E-state index contributed by atoms with van der Waals surface area (Å²) in [5.41, 5.74) is 2.71. The van der Waals surface area contributed by atoms with E-state index in [1.807, 2.05) is 18.4 Å². The van der Waals surface area contributed by atoms with E-state index in [9.17, 15) is 0 Å². The Kier molecular flexibility index (Phi) is 3.97. The molecule has 90 valence electrons. The topological polar surface area (TPSA) is 12.0 Å². The van der Waals surface area contributed by atoms with Gasteiger partial charge in [0, 0.05) is 22.2 Å². The van der Waals surface area contributed by atoms with Gasteiger partial charge in [0.05, 0.1) is 0 Å². The minimum atomic E-state index is 0.586. The summed E-state index contributed by atoms with van der Waals surface area (Å²) >= 11 is 1.91. The molecule has 0 fully saturated rings. The summed E-state index contributed by atoms with van der Waals surface area (Å²) in [6.07, 6.45) is 0. The molecular weight excluding hydrogens is 226 g/mol. The molecule has 0 aliphatic rings. The van der Waals surface area contributed by atoms with Gasteiger partial charge >= 0.3 is 0 Å². The van der Waals surface area contributed by atoms with Crippen molar-refractivity contribution in [3.05, 3.63) is 46.8 Å². The van der Waals surface area contributed by atoms with Gasteiger partial charge in [0.15, 0.2) is 0 Å². The fourth-order valence-electron chi connectivity index (χ4n) is 2.02. The van der Waals surface area contributed by atoms with Crippen LogP contribution >= 0.6 is 11.3 Å². The lowest BCUT2D eigenvalue weighted by molar-refractivity contribution is 0.687. The van der Waals surface area contributed by atoms with Crippen LogP contribution in [0, 0.1) is 6.92 Å². The fraction of sp³-hybridized carbons (Fsp3) is 0.333. The van der Waals surface area contributed by atoms with Gasteiger partial charge < -0.3 is 5.32 Å². The van der Waals surface area contributed by atoms with Crippen LogP contribution in [-0.4, -0.2) is 13.6 Å². The molecule has 2 rings (SSSR count). The molecule has 1 atom stereocenters. The van der Waals surface area contributed by atoms with Gasteiger partial charge in [-0.1, -0.05) is 31.2 Å². The van der Waals surface area contributed by atoms with Crippen LogP contribution < -0.4 is 5.32 Å². The van der Waals surface area contributed by atoms with Crippen LogP contribution in [0.3, 0.4) is 0 Å². The van der Waals surface area contributed by atoms with E-state index >= 15 is 0 Å². The molecule has 0 saturated heterocycles. The zero-order valence-corrected chi connectivity index (χ0v) is 11.5. The monoisotopic (exact) mass is 245 g/mol. The molecule has 17 heavy (non-hydrogen) atoms. The molecule has 0 saturated carbocycles. The van der Waals surface area contributed by atoms with Crippen molar-refractivity contribution in [2.75, 3.05) is 13.6 Å². The largest absolute Gasteiger partial charge is 0.319 e. The zero-order chi connectivity index (χ0) is 12.3. The van der Waals surface area contributed by atoms with Crippen LogP contribution in [0.5, 0.6) is 0 Å². The van der Waals surface area contributed by atoms with Gasteiger partial charge in [-0.05, 0) is 37.2 Å². The van der Waals surface area contributed by atoms with E-state index in [2.05, 4.69) is 55.6 Å². The van der Waals surface area contributed by atoms with Crippen molar-refractivity contribution >= 4 is 11.3 Å². The summed E-state index contributed by atoms with van der Waals surface area (Å²) in [5.74, 6) is 0.586. The van der Waals surface area contributed by atoms with E-state index in [0.717, 1.165) is 6.54 Å². The Morgan fingerprint density at radius 3 is 2.65 bits per heavy atom. The maximum atomic E-state index is 3.23. The highest BCUT2D eigenvalue weighted by Gasteiger charge is 2.09. The third-order valence-corrected chi connectivity index (χ3v) is 4.38. The van der Waals surface area contributed by atoms with Crippen LogP contribution in [-0.2, 0) is 0 Å². The van der Waals surface area contributed by atoms with Crippen molar-refractivity contribution in [1.82, 2.24) is 5.32 Å². The standard InChI is InChI=1S/C15H19NS/c1-11-6-4-5-7-13(11)15-9-8-14(17-15)12(2)10-16-3/h4-9,12,16H,10H2,1-3H3. The minimum Gasteiger partial charge on any atom is -0.319 e. The average molecular weight is 245 g/mol. The highest BCUT2D eigenvalue weighted by molar-refractivity contribution is 7.15. The summed E-state index contributed by atoms with van der Waals surface area (Å²) in [5, 5.41) is 3.23. The molecule has 0 amide bonds. The Morgan fingerprint density at radius 2 is 1.94 bits per heavy atom. The molecule has 1 N–H and O–H groups in total. The molecule has 2 heteroatoms. The van der Waals surface area contributed by atoms with E-state index in [1.54, 1.807) is 0 Å². The first-order chi connectivity index (χ1) is 8.22. The average Bonchev–Trinajstić information content (AvgIpc) is 2.79. The second kappa shape index (κ2) is 5.48. The lowest BCUT2D eigenvalue weighted by Gasteiger charge is -2.07. The number of likely N-dealkylation sites (N-methyl/N-ethyl adjacent to an activating group) is 1. The first kappa shape index (κ1) is 12.3. The Bertz CT molecular complexity index is 487. The zero-order valence-electron chi connectivity index (χ0n) is 10.7. The molecular formula is C15H19NS. The smallest absolute Gasteiger partial charge is 0.0348 e. The molecule has 0 spiro atoms. The van der Waals surface area contributed by atoms with Gasteiger partial charge in [-0.25, -0.2) is 0 Å². The maximum absolute atomic E-state index is 3.23. The van der Waals surface area contributed by atoms with Crippen molar-refractivity contribution in [3.8, 4) is 10.4 Å². The van der Waals surface area contributed by atoms with Crippen molar-refractivity contribution in [3.63, 3.8) is 0 Å². The molecule has 1 aromatic carbocycles. The van der Waals surface area contributed by atoms with Gasteiger partial charge in [0.2, 0.25) is 0 Å². The third-order valence-electron chi connectivity index (χ3n) is 3.03. The molecule has 1 aromatic heterocycles. The predicted molar refractivity (Wildman–Crippen MR) is 76.8 cm³/mol. The number of aryl methyl sites for hydroxylation is 1. The molecule has 1 heterocycles. The van der Waals surface area contributed by atoms with Gasteiger partial charge in [-0.3, -0.25) is 0 Å². The minimum absolute atomic E-state index is 0.586. The summed E-state index contributed by atoms with van der Waals surface area (Å²) < 4.78 is 0. The first-order valence-corrected chi connectivity index (χ1v) is 6.84. The Hall–Kier alpha value is -1.12. The molecule has 0 radical (unpaired) electrons. The van der Waals surface area contributed by atoms with Crippen LogP contribution in [0.2, 0.25) is 0 Å². The maximum Gasteiger partial charge on any atom is 0.0348 e. The normalized spacial score (nSPS) is 12.6. The van der Waals surface area contributed by atoms with Crippen LogP contribution in [0.25, 0.3) is 10.4 Å². The van der Waals surface area contributed by atoms with Crippen molar-refractivity contribution in [2.24, 2.45) is 0 Å². The second-order valence-electron chi connectivity index (χ2n) is 4.48. The number of rotatable bonds is 4. The van der Waals surface area contributed by atoms with Gasteiger partial charge in [0.25, 0.3) is 0 Å². The van der Waals surface area contributed by atoms with Crippen LogP contribution in [0.4, 0.5) is 0 Å². The predicted octanol–water partition coefficient (Wildman–Crippen LogP) is 4.05. The molecule has 0 aliphatic heterocycles. The van der Waals surface area contributed by atoms with E-state index in [1.165, 1.54) is 20.9 Å². The third kappa shape index (κ3) is 2.76. The highest BCUT2D eigenvalue weighted by Crippen LogP contribution is 2.33. The second-order valence-corrected chi connectivity index (χ2v) is 5.59. The van der Waals surface area contributed by atoms with Crippen molar-refractivity contribution < 1.29 is 0 Å². The molecule has 0 bridgehead atoms. The highest BCUT2D eigenvalue weighted by atomic mass is 32.1. The molecule has 1 nitrogen and oxygen atoms in total. The molecule has 1 unspecified atom stereocenters. The Morgan fingerprint density at radius 1 is 1.18 bits per heavy atom. The summed E-state index contributed by atoms with van der Waals surface area (Å²) in [7, 11) is 2.01. The summed E-state index contributed by atoms with van der Waals surface area (Å²) in [6, 6.07) is 13.1. The van der Waals surface area contributed by atoms with E-state index < -0.39 is 0 Å². The fourth-order valence-corrected chi connectivity index (χ4v) is 3.17.